The minimum absolute atomic E-state index is 0.0998. The highest BCUT2D eigenvalue weighted by Crippen LogP contribution is 2.54. The zero-order chi connectivity index (χ0) is 38.2. The molecule has 10 rings (SSSR count). The largest absolute Gasteiger partial charge is 0.453 e. The molecule has 2 aliphatic heterocycles. The molecule has 4 aromatic carbocycles. The number of likely N-dealkylation sites (tertiary alicyclic amines) is 1. The molecule has 2 amide bonds. The second-order valence-electron chi connectivity index (χ2n) is 16.0. The fraction of sp³-hybridized carbons (Fsp3) is 0.341. The number of methoxy groups -OCH3 is 1. The Morgan fingerprint density at radius 2 is 1.52 bits per heavy atom. The van der Waals surface area contributed by atoms with Gasteiger partial charge in [0.05, 0.1) is 46.8 Å². The first-order chi connectivity index (χ1) is 27.2. The van der Waals surface area contributed by atoms with Gasteiger partial charge in [-0.25, -0.2) is 19.6 Å². The molecule has 2 aliphatic carbocycles. The molecule has 282 valence electrons. The maximum Gasteiger partial charge on any atom is 0.407 e. The molecule has 12 heteroatoms. The van der Waals surface area contributed by atoms with Crippen molar-refractivity contribution in [1.82, 2.24) is 35.2 Å². The Labute approximate surface area is 322 Å². The molecular weight excluding hydrogens is 707 g/mol. The highest BCUT2D eigenvalue weighted by atomic mass is 16.7. The number of benzene rings is 4. The SMILES string of the molecule is COC(=O)N[C@H](C(=O)N1C2CC2C[C@H]1c1nc2ccc(C#Cc3ccc4c(ccc5[nH]c([C@@H]6CC7C[C@H]7N6OC(=O)c6ccccc6)nc54)c3)cc2[nH]1)C(C)C. The third-order valence-corrected chi connectivity index (χ3v) is 12.0. The van der Waals surface area contributed by atoms with Crippen LogP contribution in [-0.2, 0) is 14.4 Å². The Morgan fingerprint density at radius 3 is 2.32 bits per heavy atom. The van der Waals surface area contributed by atoms with Gasteiger partial charge in [-0.15, -0.1) is 5.06 Å². The van der Waals surface area contributed by atoms with Crippen LogP contribution in [0.2, 0.25) is 0 Å². The molecule has 0 radical (unpaired) electrons. The van der Waals surface area contributed by atoms with Crippen LogP contribution in [0, 0.1) is 29.6 Å². The van der Waals surface area contributed by atoms with Crippen molar-refractivity contribution in [2.24, 2.45) is 17.8 Å². The average Bonchev–Trinajstić information content (AvgIpc) is 3.89. The lowest BCUT2D eigenvalue weighted by Crippen LogP contribution is -2.52. The number of hydroxylamine groups is 2. The normalized spacial score (nSPS) is 24.1. The molecule has 56 heavy (non-hydrogen) atoms. The van der Waals surface area contributed by atoms with Crippen LogP contribution in [0.15, 0.2) is 78.9 Å². The summed E-state index contributed by atoms with van der Waals surface area (Å²) in [6, 6.07) is 24.7. The van der Waals surface area contributed by atoms with E-state index >= 15 is 0 Å². The Morgan fingerprint density at radius 1 is 0.804 bits per heavy atom. The molecular formula is C44H41N7O5. The van der Waals surface area contributed by atoms with E-state index in [4.69, 9.17) is 19.5 Å². The van der Waals surface area contributed by atoms with Crippen molar-refractivity contribution in [1.29, 1.82) is 0 Å². The minimum atomic E-state index is -0.680. The monoisotopic (exact) mass is 747 g/mol. The van der Waals surface area contributed by atoms with Crippen LogP contribution in [0.1, 0.15) is 84.7 Å². The number of fused-ring (bicyclic) bond motifs is 6. The second kappa shape index (κ2) is 13.2. The summed E-state index contributed by atoms with van der Waals surface area (Å²) in [4.78, 5) is 63.7. The summed E-state index contributed by atoms with van der Waals surface area (Å²) < 4.78 is 4.80. The van der Waals surface area contributed by atoms with E-state index in [1.807, 2.05) is 72.3 Å². The first-order valence-corrected chi connectivity index (χ1v) is 19.4. The number of ether oxygens (including phenoxy) is 1. The van der Waals surface area contributed by atoms with Gasteiger partial charge < -0.3 is 29.8 Å². The van der Waals surface area contributed by atoms with Crippen molar-refractivity contribution in [3.8, 4) is 11.8 Å². The van der Waals surface area contributed by atoms with E-state index in [0.29, 0.717) is 17.4 Å². The first kappa shape index (κ1) is 34.3. The van der Waals surface area contributed by atoms with Crippen molar-refractivity contribution in [3.05, 3.63) is 107 Å². The third-order valence-electron chi connectivity index (χ3n) is 12.0. The number of aromatic nitrogens is 4. The van der Waals surface area contributed by atoms with Crippen LogP contribution in [0.4, 0.5) is 4.79 Å². The molecule has 0 bridgehead atoms. The molecule has 0 spiro atoms. The number of H-pyrrole nitrogens is 2. The van der Waals surface area contributed by atoms with Crippen molar-refractivity contribution >= 4 is 50.8 Å². The van der Waals surface area contributed by atoms with Crippen molar-refractivity contribution in [2.75, 3.05) is 7.11 Å². The van der Waals surface area contributed by atoms with Crippen LogP contribution in [0.3, 0.4) is 0 Å². The number of rotatable bonds is 7. The van der Waals surface area contributed by atoms with E-state index in [2.05, 4.69) is 45.3 Å². The van der Waals surface area contributed by atoms with Gasteiger partial charge in [-0.2, -0.15) is 0 Å². The highest BCUT2D eigenvalue weighted by Gasteiger charge is 2.57. The topological polar surface area (TPSA) is 146 Å². The molecule has 12 nitrogen and oxygen atoms in total. The Kier molecular flexibility index (Phi) is 8.11. The smallest absolute Gasteiger partial charge is 0.407 e. The number of hydrogen-bond acceptors (Lipinski definition) is 8. The minimum Gasteiger partial charge on any atom is -0.453 e. The van der Waals surface area contributed by atoms with Gasteiger partial charge in [0.25, 0.3) is 0 Å². The summed E-state index contributed by atoms with van der Waals surface area (Å²) in [7, 11) is 1.30. The number of imidazole rings is 2. The van der Waals surface area contributed by atoms with E-state index in [1.54, 1.807) is 12.1 Å². The fourth-order valence-electron chi connectivity index (χ4n) is 8.85. The molecule has 4 aliphatic rings. The molecule has 4 fully saturated rings. The predicted molar refractivity (Wildman–Crippen MR) is 209 cm³/mol. The summed E-state index contributed by atoms with van der Waals surface area (Å²) in [6.45, 7) is 3.84. The number of amides is 2. The zero-order valence-electron chi connectivity index (χ0n) is 31.3. The molecule has 3 N–H and O–H groups in total. The van der Waals surface area contributed by atoms with Crippen molar-refractivity contribution in [2.45, 2.75) is 69.7 Å². The summed E-state index contributed by atoms with van der Waals surface area (Å²) in [5.41, 5.74) is 5.75. The van der Waals surface area contributed by atoms with Gasteiger partial charge in [0.15, 0.2) is 0 Å². The summed E-state index contributed by atoms with van der Waals surface area (Å²) in [6.07, 6.45) is 3.12. The highest BCUT2D eigenvalue weighted by molar-refractivity contribution is 6.04. The predicted octanol–water partition coefficient (Wildman–Crippen LogP) is 6.94. The maximum absolute atomic E-state index is 13.8. The lowest BCUT2D eigenvalue weighted by Gasteiger charge is -2.31. The van der Waals surface area contributed by atoms with Crippen LogP contribution in [-0.4, -0.2) is 73.1 Å². The Hall–Kier alpha value is -6.19. The fourth-order valence-corrected chi connectivity index (χ4v) is 8.85. The van der Waals surface area contributed by atoms with Gasteiger partial charge in [-0.3, -0.25) is 4.79 Å². The van der Waals surface area contributed by atoms with E-state index < -0.39 is 12.1 Å². The molecule has 3 unspecified atom stereocenters. The number of piperidine rings is 2. The number of nitrogens with zero attached hydrogens (tertiary/aromatic N) is 4. The molecule has 4 heterocycles. The van der Waals surface area contributed by atoms with E-state index in [-0.39, 0.29) is 42.0 Å². The number of hydrogen-bond donors (Lipinski definition) is 3. The molecule has 2 saturated heterocycles. The standard InChI is InChI=1S/C44H41N7O5/c1-23(2)38(49-44(54)55-3)42(52)50-34-19-28(34)21-36(50)40-45-31-15-12-25(18-33(31)47-40)10-9-24-11-14-30-27(17-24)13-16-32-39(30)48-41(46-32)37-22-29-20-35(29)51(37)56-43(53)26-7-5-4-6-8-26/h4-8,11-18,23,28-29,34-38H,19-22H2,1-3H3,(H,45,47)(H,46,48)(H,49,54)/t28?,29?,34?,35-,36+,37+,38+/m1/s1. The van der Waals surface area contributed by atoms with Gasteiger partial charge in [0.1, 0.15) is 23.7 Å². The number of carbonyl (C=O) groups excluding carboxylic acids is 3. The van der Waals surface area contributed by atoms with Crippen molar-refractivity contribution < 1.29 is 24.0 Å². The number of aromatic amines is 2. The first-order valence-electron chi connectivity index (χ1n) is 19.4. The van der Waals surface area contributed by atoms with E-state index in [9.17, 15) is 14.4 Å². The Bertz CT molecular complexity index is 2620. The summed E-state index contributed by atoms with van der Waals surface area (Å²) >= 11 is 0. The van der Waals surface area contributed by atoms with Crippen LogP contribution < -0.4 is 5.32 Å². The Balaban J connectivity index is 0.870. The molecule has 2 aromatic heterocycles. The van der Waals surface area contributed by atoms with Gasteiger partial charge in [0, 0.05) is 22.6 Å². The number of nitrogens with one attached hydrogen (secondary N) is 3. The van der Waals surface area contributed by atoms with Crippen LogP contribution in [0.25, 0.3) is 32.8 Å². The van der Waals surface area contributed by atoms with Crippen LogP contribution in [0.5, 0.6) is 0 Å². The average molecular weight is 748 g/mol. The molecule has 2 saturated carbocycles. The third kappa shape index (κ3) is 6.03. The summed E-state index contributed by atoms with van der Waals surface area (Å²) in [5.74, 6) is 8.62. The number of carbonyl (C=O) groups is 3. The lowest BCUT2D eigenvalue weighted by atomic mass is 10.0. The quantitative estimate of drug-likeness (QED) is 0.149. The molecule has 6 aromatic rings. The molecule has 7 atom stereocenters. The van der Waals surface area contributed by atoms with Crippen LogP contribution >= 0.6 is 0 Å². The van der Waals surface area contributed by atoms with Crippen molar-refractivity contribution in [3.63, 3.8) is 0 Å². The lowest BCUT2D eigenvalue weighted by molar-refractivity contribution is -0.137. The van der Waals surface area contributed by atoms with Gasteiger partial charge in [0.2, 0.25) is 5.91 Å². The van der Waals surface area contributed by atoms with Gasteiger partial charge in [-0.05, 0) is 97.4 Å². The zero-order valence-corrected chi connectivity index (χ0v) is 31.3. The second-order valence-corrected chi connectivity index (χ2v) is 16.0. The van der Waals surface area contributed by atoms with Gasteiger partial charge in [-0.1, -0.05) is 56.0 Å². The van der Waals surface area contributed by atoms with Gasteiger partial charge >= 0.3 is 12.1 Å². The van der Waals surface area contributed by atoms with E-state index in [0.717, 1.165) is 81.3 Å². The number of alkyl carbamates (subject to hydrolysis) is 1. The maximum atomic E-state index is 13.8. The summed E-state index contributed by atoms with van der Waals surface area (Å²) in [5, 5.41) is 6.66. The van der Waals surface area contributed by atoms with E-state index in [1.165, 1.54) is 7.11 Å².